The van der Waals surface area contributed by atoms with Crippen LogP contribution in [0.4, 0.5) is 4.39 Å². The zero-order valence-electron chi connectivity index (χ0n) is 14.1. The Bertz CT molecular complexity index is 775. The lowest BCUT2D eigenvalue weighted by Crippen LogP contribution is -2.37. The number of hydrogen-bond acceptors (Lipinski definition) is 7. The topological polar surface area (TPSA) is 140 Å². The normalized spacial score (nSPS) is 22.2. The van der Waals surface area contributed by atoms with Gasteiger partial charge < -0.3 is 19.9 Å². The quantitative estimate of drug-likeness (QED) is 0.509. The SMILES string of the molecule is CCOC(=O)CCC(=O)NC[C@H]1O[C@@H](n2cc(F)c(=O)[nH]c2=O)C[C@@H]1O. The van der Waals surface area contributed by atoms with Crippen LogP contribution in [-0.2, 0) is 19.1 Å². The number of hydrogen-bond donors (Lipinski definition) is 3. The van der Waals surface area contributed by atoms with Crippen LogP contribution in [0.3, 0.4) is 0 Å². The summed E-state index contributed by atoms with van der Waals surface area (Å²) >= 11 is 0. The highest BCUT2D eigenvalue weighted by molar-refractivity contribution is 5.81. The van der Waals surface area contributed by atoms with Gasteiger partial charge in [0.2, 0.25) is 11.7 Å². The van der Waals surface area contributed by atoms with Crippen molar-refractivity contribution in [3.63, 3.8) is 0 Å². The Morgan fingerprint density at radius 1 is 1.46 bits per heavy atom. The molecule has 3 atom stereocenters. The Morgan fingerprint density at radius 3 is 2.88 bits per heavy atom. The van der Waals surface area contributed by atoms with Gasteiger partial charge in [-0.25, -0.2) is 4.79 Å². The highest BCUT2D eigenvalue weighted by atomic mass is 19.1. The lowest BCUT2D eigenvalue weighted by Gasteiger charge is -2.16. The number of amides is 1. The van der Waals surface area contributed by atoms with Gasteiger partial charge in [0.15, 0.2) is 0 Å². The average molecular weight is 373 g/mol. The molecule has 0 saturated carbocycles. The number of carbonyl (C=O) groups excluding carboxylic acids is 2. The van der Waals surface area contributed by atoms with E-state index in [1.165, 1.54) is 0 Å². The average Bonchev–Trinajstić information content (AvgIpc) is 2.95. The summed E-state index contributed by atoms with van der Waals surface area (Å²) in [5.74, 6) is -2.07. The maximum atomic E-state index is 13.3. The summed E-state index contributed by atoms with van der Waals surface area (Å²) in [7, 11) is 0. The minimum Gasteiger partial charge on any atom is -0.466 e. The number of aromatic nitrogens is 2. The summed E-state index contributed by atoms with van der Waals surface area (Å²) in [4.78, 5) is 47.5. The second-order valence-corrected chi connectivity index (χ2v) is 5.68. The molecule has 0 aromatic carbocycles. The van der Waals surface area contributed by atoms with Crippen molar-refractivity contribution >= 4 is 11.9 Å². The molecule has 0 spiro atoms. The highest BCUT2D eigenvalue weighted by Crippen LogP contribution is 2.27. The van der Waals surface area contributed by atoms with E-state index in [0.29, 0.717) is 6.20 Å². The van der Waals surface area contributed by atoms with Crippen molar-refractivity contribution in [2.75, 3.05) is 13.2 Å². The van der Waals surface area contributed by atoms with Crippen LogP contribution in [0.1, 0.15) is 32.4 Å². The summed E-state index contributed by atoms with van der Waals surface area (Å²) in [6, 6.07) is 0. The zero-order valence-corrected chi connectivity index (χ0v) is 14.1. The van der Waals surface area contributed by atoms with Crippen LogP contribution in [-0.4, -0.2) is 51.9 Å². The van der Waals surface area contributed by atoms with Crippen LogP contribution in [0, 0.1) is 5.82 Å². The molecule has 1 aliphatic heterocycles. The summed E-state index contributed by atoms with van der Waals surface area (Å²) < 4.78 is 24.4. The molecule has 0 unspecified atom stereocenters. The van der Waals surface area contributed by atoms with Crippen LogP contribution in [0.25, 0.3) is 0 Å². The molecule has 144 valence electrons. The summed E-state index contributed by atoms with van der Waals surface area (Å²) in [5.41, 5.74) is -2.01. The third-order valence-corrected chi connectivity index (χ3v) is 3.80. The standard InChI is InChI=1S/C15H20FN3O7/c1-2-25-13(22)4-3-11(21)17-6-10-9(20)5-12(26-10)19-7-8(16)14(23)18-15(19)24/h7,9-10,12,20H,2-6H2,1H3,(H,17,21)(H,18,23,24)/t9-,10+,12+/m0/s1. The van der Waals surface area contributed by atoms with Gasteiger partial charge in [0.1, 0.15) is 12.3 Å². The third kappa shape index (κ3) is 4.99. The maximum Gasteiger partial charge on any atom is 0.330 e. The van der Waals surface area contributed by atoms with Crippen molar-refractivity contribution in [1.29, 1.82) is 0 Å². The van der Waals surface area contributed by atoms with Crippen LogP contribution in [0.15, 0.2) is 15.8 Å². The molecule has 0 radical (unpaired) electrons. The van der Waals surface area contributed by atoms with E-state index in [1.807, 2.05) is 0 Å². The Hall–Kier alpha value is -2.53. The van der Waals surface area contributed by atoms with Crippen molar-refractivity contribution in [2.24, 2.45) is 0 Å². The number of ether oxygens (including phenoxy) is 2. The monoisotopic (exact) mass is 373 g/mol. The number of carbonyl (C=O) groups is 2. The fourth-order valence-electron chi connectivity index (χ4n) is 2.50. The van der Waals surface area contributed by atoms with E-state index in [4.69, 9.17) is 9.47 Å². The van der Waals surface area contributed by atoms with Crippen LogP contribution < -0.4 is 16.6 Å². The number of halogens is 1. The molecule has 2 rings (SSSR count). The largest absolute Gasteiger partial charge is 0.466 e. The van der Waals surface area contributed by atoms with Crippen molar-refractivity contribution in [1.82, 2.24) is 14.9 Å². The first-order valence-electron chi connectivity index (χ1n) is 8.08. The van der Waals surface area contributed by atoms with E-state index in [1.54, 1.807) is 11.9 Å². The van der Waals surface area contributed by atoms with Gasteiger partial charge in [0.25, 0.3) is 5.56 Å². The van der Waals surface area contributed by atoms with Gasteiger partial charge in [-0.05, 0) is 6.92 Å². The molecule has 1 amide bonds. The minimum atomic E-state index is -1.15. The summed E-state index contributed by atoms with van der Waals surface area (Å²) in [5, 5.41) is 12.5. The minimum absolute atomic E-state index is 0.0191. The molecular weight excluding hydrogens is 353 g/mol. The van der Waals surface area contributed by atoms with Crippen molar-refractivity contribution in [2.45, 2.75) is 44.6 Å². The number of nitrogens with one attached hydrogen (secondary N) is 2. The molecule has 1 aromatic heterocycles. The number of aromatic amines is 1. The van der Waals surface area contributed by atoms with Gasteiger partial charge >= 0.3 is 11.7 Å². The predicted octanol–water partition coefficient (Wildman–Crippen LogP) is -1.22. The van der Waals surface area contributed by atoms with E-state index in [2.05, 4.69) is 5.32 Å². The van der Waals surface area contributed by atoms with Crippen molar-refractivity contribution < 1.29 is 28.6 Å². The summed E-state index contributed by atoms with van der Waals surface area (Å²) in [6.45, 7) is 1.83. The molecule has 0 aliphatic carbocycles. The van der Waals surface area contributed by atoms with Gasteiger partial charge in [-0.15, -0.1) is 0 Å². The summed E-state index contributed by atoms with van der Waals surface area (Å²) in [6.07, 6.45) is -2.27. The molecule has 0 bridgehead atoms. The molecule has 10 nitrogen and oxygen atoms in total. The Morgan fingerprint density at radius 2 is 2.19 bits per heavy atom. The number of esters is 1. The zero-order chi connectivity index (χ0) is 19.3. The number of rotatable bonds is 7. The van der Waals surface area contributed by atoms with E-state index in [0.717, 1.165) is 4.57 Å². The van der Waals surface area contributed by atoms with Gasteiger partial charge in [-0.3, -0.25) is 23.9 Å². The molecule has 26 heavy (non-hydrogen) atoms. The first-order valence-corrected chi connectivity index (χ1v) is 8.08. The van der Waals surface area contributed by atoms with E-state index >= 15 is 0 Å². The fraction of sp³-hybridized carbons (Fsp3) is 0.600. The second kappa shape index (κ2) is 8.72. The first-order chi connectivity index (χ1) is 12.3. The number of aliphatic hydroxyl groups is 1. The first kappa shape index (κ1) is 19.8. The van der Waals surface area contributed by atoms with Crippen LogP contribution in [0.2, 0.25) is 0 Å². The molecule has 1 aromatic rings. The van der Waals surface area contributed by atoms with Crippen LogP contribution in [0.5, 0.6) is 0 Å². The van der Waals surface area contributed by atoms with Crippen LogP contribution >= 0.6 is 0 Å². The van der Waals surface area contributed by atoms with Gasteiger partial charge in [-0.1, -0.05) is 0 Å². The van der Waals surface area contributed by atoms with Gasteiger partial charge in [-0.2, -0.15) is 4.39 Å². The van der Waals surface area contributed by atoms with Crippen molar-refractivity contribution in [3.05, 3.63) is 32.9 Å². The van der Waals surface area contributed by atoms with E-state index in [9.17, 15) is 28.7 Å². The fourth-order valence-corrected chi connectivity index (χ4v) is 2.50. The number of aliphatic hydroxyl groups excluding tert-OH is 1. The molecule has 11 heteroatoms. The maximum absolute atomic E-state index is 13.3. The Labute approximate surface area is 146 Å². The smallest absolute Gasteiger partial charge is 0.330 e. The van der Waals surface area contributed by atoms with Gasteiger partial charge in [0.05, 0.1) is 25.3 Å². The lowest BCUT2D eigenvalue weighted by atomic mass is 10.1. The molecule has 1 saturated heterocycles. The molecule has 1 fully saturated rings. The lowest BCUT2D eigenvalue weighted by molar-refractivity contribution is -0.144. The number of H-pyrrole nitrogens is 1. The predicted molar refractivity (Wildman–Crippen MR) is 84.7 cm³/mol. The van der Waals surface area contributed by atoms with E-state index in [-0.39, 0.29) is 32.4 Å². The third-order valence-electron chi connectivity index (χ3n) is 3.80. The van der Waals surface area contributed by atoms with Gasteiger partial charge in [0, 0.05) is 19.4 Å². The Kier molecular flexibility index (Phi) is 6.64. The Balaban J connectivity index is 1.88. The van der Waals surface area contributed by atoms with Crippen molar-refractivity contribution in [3.8, 4) is 0 Å². The van der Waals surface area contributed by atoms with E-state index < -0.39 is 47.4 Å². The molecule has 2 heterocycles. The molecule has 1 aliphatic rings. The molecule has 3 N–H and O–H groups in total. The molecular formula is C15H20FN3O7. The number of nitrogens with zero attached hydrogens (tertiary/aromatic N) is 1. The second-order valence-electron chi connectivity index (χ2n) is 5.68. The highest BCUT2D eigenvalue weighted by Gasteiger charge is 2.35.